The standard InChI is InChI=1S/C18H34N4O2/c1-14(19)12-21-10-6-5-9-17(23)16(18(3,4)24)8-7-11-22-13-15(2)20/h5-11,14-15,17,21-24H,12-13,19-20H2,1-4H3/b9-5+,10-6+,11-7+,16-8-. The fraction of sp³-hybridized carbons (Fsp3) is 0.556. The van der Waals surface area contributed by atoms with Crippen LogP contribution in [0.5, 0.6) is 0 Å². The molecule has 0 aliphatic carbocycles. The SMILES string of the molecule is CC(N)CN/C=C/C=C(/C(O)/C=C/C=C/NCC(C)N)C(C)(C)O. The van der Waals surface area contributed by atoms with Gasteiger partial charge in [-0.05, 0) is 57.8 Å². The fourth-order valence-corrected chi connectivity index (χ4v) is 1.79. The minimum absolute atomic E-state index is 0.0589. The third-order valence-corrected chi connectivity index (χ3v) is 3.01. The number of nitrogens with two attached hydrogens (primary N) is 2. The van der Waals surface area contributed by atoms with Gasteiger partial charge in [-0.15, -0.1) is 0 Å². The van der Waals surface area contributed by atoms with Crippen molar-refractivity contribution in [3.8, 4) is 0 Å². The molecule has 8 N–H and O–H groups in total. The van der Waals surface area contributed by atoms with Crippen LogP contribution < -0.4 is 22.1 Å². The van der Waals surface area contributed by atoms with Gasteiger partial charge >= 0.3 is 0 Å². The van der Waals surface area contributed by atoms with Crippen LogP contribution >= 0.6 is 0 Å². The van der Waals surface area contributed by atoms with E-state index in [9.17, 15) is 10.2 Å². The van der Waals surface area contributed by atoms with Crippen molar-refractivity contribution in [3.05, 3.63) is 48.4 Å². The van der Waals surface area contributed by atoms with E-state index in [4.69, 9.17) is 11.5 Å². The normalized spacial score (nSPS) is 17.6. The molecule has 3 unspecified atom stereocenters. The first-order chi connectivity index (χ1) is 11.1. The predicted molar refractivity (Wildman–Crippen MR) is 101 cm³/mol. The molecule has 0 saturated heterocycles. The highest BCUT2D eigenvalue weighted by atomic mass is 16.3. The number of hydrogen-bond acceptors (Lipinski definition) is 6. The van der Waals surface area contributed by atoms with Crippen molar-refractivity contribution in [1.29, 1.82) is 0 Å². The molecule has 0 fully saturated rings. The summed E-state index contributed by atoms with van der Waals surface area (Å²) in [6, 6.07) is 0.139. The van der Waals surface area contributed by atoms with E-state index < -0.39 is 11.7 Å². The number of aliphatic hydroxyl groups excluding tert-OH is 1. The molecule has 0 heterocycles. The van der Waals surface area contributed by atoms with Gasteiger partial charge in [0, 0.05) is 25.2 Å². The van der Waals surface area contributed by atoms with Crippen molar-refractivity contribution in [1.82, 2.24) is 10.6 Å². The molecule has 0 aromatic carbocycles. The Morgan fingerprint density at radius 3 is 1.96 bits per heavy atom. The zero-order valence-electron chi connectivity index (χ0n) is 15.2. The molecule has 0 aromatic rings. The average molecular weight is 338 g/mol. The first-order valence-corrected chi connectivity index (χ1v) is 8.23. The highest BCUT2D eigenvalue weighted by molar-refractivity contribution is 5.28. The van der Waals surface area contributed by atoms with Crippen LogP contribution in [0.15, 0.2) is 48.4 Å². The minimum Gasteiger partial charge on any atom is -0.389 e. The number of nitrogens with one attached hydrogen (secondary N) is 2. The van der Waals surface area contributed by atoms with E-state index in [1.807, 2.05) is 13.8 Å². The zero-order valence-corrected chi connectivity index (χ0v) is 15.2. The lowest BCUT2D eigenvalue weighted by Crippen LogP contribution is -2.29. The van der Waals surface area contributed by atoms with Gasteiger partial charge in [0.05, 0.1) is 11.7 Å². The Hall–Kier alpha value is -1.60. The lowest BCUT2D eigenvalue weighted by Gasteiger charge is -2.24. The van der Waals surface area contributed by atoms with E-state index in [0.29, 0.717) is 18.7 Å². The Morgan fingerprint density at radius 1 is 1.00 bits per heavy atom. The maximum atomic E-state index is 10.3. The monoisotopic (exact) mass is 338 g/mol. The topological polar surface area (TPSA) is 117 Å². The van der Waals surface area contributed by atoms with Crippen LogP contribution in [0, 0.1) is 0 Å². The molecule has 6 heteroatoms. The van der Waals surface area contributed by atoms with E-state index in [1.54, 1.807) is 56.6 Å². The van der Waals surface area contributed by atoms with Gasteiger partial charge in [-0.2, -0.15) is 0 Å². The molecule has 0 aliphatic rings. The number of hydrogen-bond donors (Lipinski definition) is 6. The van der Waals surface area contributed by atoms with Gasteiger partial charge in [-0.3, -0.25) is 0 Å². The Labute approximate surface area is 146 Å². The Morgan fingerprint density at radius 2 is 1.50 bits per heavy atom. The smallest absolute Gasteiger partial charge is 0.0965 e. The van der Waals surface area contributed by atoms with E-state index >= 15 is 0 Å². The van der Waals surface area contributed by atoms with E-state index in [0.717, 1.165) is 0 Å². The molecule has 0 bridgehead atoms. The summed E-state index contributed by atoms with van der Waals surface area (Å²) in [5.74, 6) is 0. The second kappa shape index (κ2) is 11.9. The highest BCUT2D eigenvalue weighted by Crippen LogP contribution is 2.20. The van der Waals surface area contributed by atoms with Crippen LogP contribution in [-0.4, -0.2) is 47.1 Å². The lowest BCUT2D eigenvalue weighted by molar-refractivity contribution is 0.0919. The maximum absolute atomic E-state index is 10.3. The van der Waals surface area contributed by atoms with Crippen molar-refractivity contribution in [2.75, 3.05) is 13.1 Å². The number of allylic oxidation sites excluding steroid dienone is 4. The minimum atomic E-state index is -1.13. The van der Waals surface area contributed by atoms with Crippen LogP contribution in [0.1, 0.15) is 27.7 Å². The molecule has 0 spiro atoms. The molecule has 6 nitrogen and oxygen atoms in total. The van der Waals surface area contributed by atoms with Gasteiger partial charge < -0.3 is 32.3 Å². The van der Waals surface area contributed by atoms with Crippen molar-refractivity contribution in [3.63, 3.8) is 0 Å². The predicted octanol–water partition coefficient (Wildman–Crippen LogP) is 0.502. The second-order valence-electron chi connectivity index (χ2n) is 6.50. The summed E-state index contributed by atoms with van der Waals surface area (Å²) < 4.78 is 0. The summed E-state index contributed by atoms with van der Waals surface area (Å²) >= 11 is 0. The van der Waals surface area contributed by atoms with E-state index in [-0.39, 0.29) is 12.1 Å². The molecule has 0 aliphatic heterocycles. The molecule has 0 amide bonds. The Bertz CT molecular complexity index is 446. The molecular formula is C18H34N4O2. The summed E-state index contributed by atoms with van der Waals surface area (Å²) in [4.78, 5) is 0. The van der Waals surface area contributed by atoms with Crippen molar-refractivity contribution < 1.29 is 10.2 Å². The molecular weight excluding hydrogens is 304 g/mol. The van der Waals surface area contributed by atoms with Crippen LogP contribution in [0.25, 0.3) is 0 Å². The lowest BCUT2D eigenvalue weighted by atomic mass is 9.92. The van der Waals surface area contributed by atoms with Crippen LogP contribution in [-0.2, 0) is 0 Å². The molecule has 0 radical (unpaired) electrons. The average Bonchev–Trinajstić information content (AvgIpc) is 2.44. The largest absolute Gasteiger partial charge is 0.389 e. The molecule has 0 rings (SSSR count). The molecule has 24 heavy (non-hydrogen) atoms. The first-order valence-electron chi connectivity index (χ1n) is 8.23. The fourth-order valence-electron chi connectivity index (χ4n) is 1.79. The Balaban J connectivity index is 4.69. The third kappa shape index (κ3) is 11.9. The maximum Gasteiger partial charge on any atom is 0.0965 e. The summed E-state index contributed by atoms with van der Waals surface area (Å²) in [5, 5.41) is 26.6. The summed E-state index contributed by atoms with van der Waals surface area (Å²) in [5.41, 5.74) is 10.6. The van der Waals surface area contributed by atoms with Gasteiger partial charge in [-0.1, -0.05) is 18.2 Å². The van der Waals surface area contributed by atoms with Crippen molar-refractivity contribution >= 4 is 0 Å². The number of rotatable bonds is 11. The van der Waals surface area contributed by atoms with Gasteiger partial charge in [0.2, 0.25) is 0 Å². The summed E-state index contributed by atoms with van der Waals surface area (Å²) in [7, 11) is 0. The van der Waals surface area contributed by atoms with Crippen molar-refractivity contribution in [2.24, 2.45) is 11.5 Å². The highest BCUT2D eigenvalue weighted by Gasteiger charge is 2.23. The van der Waals surface area contributed by atoms with Crippen LogP contribution in [0.2, 0.25) is 0 Å². The van der Waals surface area contributed by atoms with E-state index in [1.165, 1.54) is 0 Å². The van der Waals surface area contributed by atoms with E-state index in [2.05, 4.69) is 10.6 Å². The molecule has 0 saturated carbocycles. The molecule has 138 valence electrons. The van der Waals surface area contributed by atoms with Gasteiger partial charge in [0.15, 0.2) is 0 Å². The molecule has 3 atom stereocenters. The van der Waals surface area contributed by atoms with Crippen LogP contribution in [0.4, 0.5) is 0 Å². The van der Waals surface area contributed by atoms with Crippen LogP contribution in [0.3, 0.4) is 0 Å². The third-order valence-electron chi connectivity index (χ3n) is 3.01. The summed E-state index contributed by atoms with van der Waals surface area (Å²) in [6.45, 7) is 8.44. The quantitative estimate of drug-likeness (QED) is 0.306. The number of aliphatic hydroxyl groups is 2. The van der Waals surface area contributed by atoms with Crippen molar-refractivity contribution in [2.45, 2.75) is 51.5 Å². The first kappa shape index (κ1) is 22.4. The van der Waals surface area contributed by atoms with Gasteiger partial charge in [0.1, 0.15) is 0 Å². The van der Waals surface area contributed by atoms with Gasteiger partial charge in [-0.25, -0.2) is 0 Å². The molecule has 0 aromatic heterocycles. The zero-order chi connectivity index (χ0) is 18.6. The van der Waals surface area contributed by atoms with Gasteiger partial charge in [0.25, 0.3) is 0 Å². The second-order valence-corrected chi connectivity index (χ2v) is 6.50. The summed E-state index contributed by atoms with van der Waals surface area (Å²) in [6.07, 6.45) is 11.2. The Kier molecular flexibility index (Phi) is 11.1.